The maximum absolute atomic E-state index is 13.8. The van der Waals surface area contributed by atoms with Crippen LogP contribution in [0.25, 0.3) is 0 Å². The molecule has 0 unspecified atom stereocenters. The molecule has 3 nitrogen and oxygen atoms in total. The van der Waals surface area contributed by atoms with Crippen molar-refractivity contribution in [2.75, 3.05) is 13.2 Å². The van der Waals surface area contributed by atoms with Gasteiger partial charge in [0.15, 0.2) is 11.6 Å². The van der Waals surface area contributed by atoms with E-state index in [0.29, 0.717) is 32.1 Å². The normalized spacial score (nSPS) is 19.7. The maximum Gasteiger partial charge on any atom is 0.168 e. The molecule has 0 atom stereocenters. The first kappa shape index (κ1) is 9.79. The van der Waals surface area contributed by atoms with Gasteiger partial charge >= 0.3 is 0 Å². The van der Waals surface area contributed by atoms with Gasteiger partial charge in [0.05, 0.1) is 13.2 Å². The van der Waals surface area contributed by atoms with Crippen molar-refractivity contribution in [2.45, 2.75) is 25.4 Å². The molecule has 1 heterocycles. The minimum absolute atomic E-state index is 0.283. The summed E-state index contributed by atoms with van der Waals surface area (Å²) in [7, 11) is 0. The van der Waals surface area contributed by atoms with Crippen molar-refractivity contribution in [3.05, 3.63) is 29.3 Å². The van der Waals surface area contributed by atoms with E-state index in [1.165, 1.54) is 0 Å². The van der Waals surface area contributed by atoms with Gasteiger partial charge in [0.25, 0.3) is 0 Å². The fourth-order valence-corrected chi connectivity index (χ4v) is 1.75. The minimum atomic E-state index is -2.37. The Morgan fingerprint density at radius 3 is 2.76 bits per heavy atom. The fraction of sp³-hybridized carbons (Fsp3) is 0.500. The summed E-state index contributed by atoms with van der Waals surface area (Å²) in [5, 5.41) is 0. The number of halogens is 2. The van der Waals surface area contributed by atoms with Gasteiger partial charge in [-0.3, -0.25) is 0 Å². The second-order valence-electron chi connectivity index (χ2n) is 3.84. The molecule has 1 fully saturated rings. The summed E-state index contributed by atoms with van der Waals surface area (Å²) in [6, 6.07) is 1.52. The molecule has 17 heavy (non-hydrogen) atoms. The Labute approximate surface area is 101 Å². The zero-order chi connectivity index (χ0) is 14.0. The van der Waals surface area contributed by atoms with Gasteiger partial charge in [-0.1, -0.05) is 0 Å². The van der Waals surface area contributed by atoms with E-state index in [0.717, 1.165) is 6.07 Å². The van der Waals surface area contributed by atoms with Crippen LogP contribution in [0.3, 0.4) is 0 Å². The Hall–Kier alpha value is -1.20. The highest BCUT2D eigenvalue weighted by Gasteiger charge is 2.19. The van der Waals surface area contributed by atoms with E-state index in [4.69, 9.17) is 17.9 Å². The lowest BCUT2D eigenvalue weighted by Crippen LogP contribution is -2.26. The molecule has 0 saturated carbocycles. The van der Waals surface area contributed by atoms with Crippen LogP contribution >= 0.6 is 0 Å². The molecule has 2 N–H and O–H groups in total. The molecule has 2 rings (SSSR count). The lowest BCUT2D eigenvalue weighted by molar-refractivity contribution is 0.0235. The van der Waals surface area contributed by atoms with Crippen LogP contribution < -0.4 is 10.5 Å². The predicted molar refractivity (Wildman–Crippen MR) is 58.7 cm³/mol. The standard InChI is InChI=1S/C12H15F2NO2/c13-9-5-8(7-15)12(11(14)6-9)17-10-1-3-16-4-2-10/h5-6,10H,1-4,7,15H2/i7D2. The molecule has 0 aliphatic carbocycles. The molecule has 1 aliphatic rings. The van der Waals surface area contributed by atoms with E-state index in [2.05, 4.69) is 0 Å². The van der Waals surface area contributed by atoms with Gasteiger partial charge in [-0.2, -0.15) is 0 Å². The van der Waals surface area contributed by atoms with Crippen molar-refractivity contribution in [2.24, 2.45) is 5.73 Å². The highest BCUT2D eigenvalue weighted by atomic mass is 19.1. The summed E-state index contributed by atoms with van der Waals surface area (Å²) in [6.07, 6.45) is 0.864. The largest absolute Gasteiger partial charge is 0.487 e. The fourth-order valence-electron chi connectivity index (χ4n) is 1.75. The van der Waals surface area contributed by atoms with Crippen LogP contribution in [-0.2, 0) is 11.2 Å². The molecule has 1 saturated heterocycles. The molecule has 1 aliphatic heterocycles. The first-order valence-electron chi connectivity index (χ1n) is 6.41. The topological polar surface area (TPSA) is 44.5 Å². The van der Waals surface area contributed by atoms with Crippen molar-refractivity contribution >= 4 is 0 Å². The number of nitrogens with two attached hydrogens (primary N) is 1. The summed E-state index contributed by atoms with van der Waals surface area (Å²) in [4.78, 5) is 0. The summed E-state index contributed by atoms with van der Waals surface area (Å²) in [6.45, 7) is -1.37. The Morgan fingerprint density at radius 1 is 1.41 bits per heavy atom. The second-order valence-corrected chi connectivity index (χ2v) is 3.84. The zero-order valence-corrected chi connectivity index (χ0v) is 9.21. The lowest BCUT2D eigenvalue weighted by Gasteiger charge is -2.24. The van der Waals surface area contributed by atoms with E-state index in [1.807, 2.05) is 0 Å². The van der Waals surface area contributed by atoms with Gasteiger partial charge < -0.3 is 15.2 Å². The Kier molecular flexibility index (Phi) is 3.12. The third kappa shape index (κ3) is 2.92. The number of benzene rings is 1. The van der Waals surface area contributed by atoms with Gasteiger partial charge in [-0.15, -0.1) is 0 Å². The van der Waals surface area contributed by atoms with Crippen LogP contribution in [0.5, 0.6) is 5.75 Å². The zero-order valence-electron chi connectivity index (χ0n) is 11.2. The Balaban J connectivity index is 2.32. The molecule has 0 amide bonds. The SMILES string of the molecule is [2H]C([2H])(N)c1cc(F)cc(F)c1OC1CCOCC1. The molecule has 0 radical (unpaired) electrons. The molecule has 1 aromatic carbocycles. The van der Waals surface area contributed by atoms with Crippen LogP contribution in [0.2, 0.25) is 0 Å². The summed E-state index contributed by atoms with van der Waals surface area (Å²) < 4.78 is 52.4. The summed E-state index contributed by atoms with van der Waals surface area (Å²) >= 11 is 0. The third-order valence-corrected chi connectivity index (χ3v) is 2.62. The van der Waals surface area contributed by atoms with Crippen LogP contribution in [0, 0.1) is 11.6 Å². The van der Waals surface area contributed by atoms with E-state index >= 15 is 0 Å². The van der Waals surface area contributed by atoms with Crippen LogP contribution in [-0.4, -0.2) is 19.3 Å². The lowest BCUT2D eigenvalue weighted by atomic mass is 10.1. The van der Waals surface area contributed by atoms with E-state index in [-0.39, 0.29) is 17.4 Å². The van der Waals surface area contributed by atoms with Gasteiger partial charge in [-0.25, -0.2) is 8.78 Å². The van der Waals surface area contributed by atoms with Gasteiger partial charge in [0.1, 0.15) is 11.9 Å². The molecule has 0 aromatic heterocycles. The monoisotopic (exact) mass is 245 g/mol. The molecule has 94 valence electrons. The number of hydrogen-bond donors (Lipinski definition) is 1. The average Bonchev–Trinajstić information content (AvgIpc) is 2.32. The summed E-state index contributed by atoms with van der Waals surface area (Å²) in [5.41, 5.74) is 4.97. The summed E-state index contributed by atoms with van der Waals surface area (Å²) in [5.74, 6) is -2.15. The van der Waals surface area contributed by atoms with Gasteiger partial charge in [0.2, 0.25) is 0 Å². The first-order chi connectivity index (χ1) is 8.88. The van der Waals surface area contributed by atoms with Crippen molar-refractivity contribution < 1.29 is 21.0 Å². The Bertz CT molecular complexity index is 460. The van der Waals surface area contributed by atoms with Crippen LogP contribution in [0.15, 0.2) is 12.1 Å². The van der Waals surface area contributed by atoms with Crippen molar-refractivity contribution in [1.82, 2.24) is 0 Å². The number of rotatable bonds is 3. The average molecular weight is 245 g/mol. The molecular weight excluding hydrogens is 228 g/mol. The first-order valence-corrected chi connectivity index (χ1v) is 5.41. The van der Waals surface area contributed by atoms with Gasteiger partial charge in [0, 0.05) is 33.7 Å². The number of hydrogen-bond acceptors (Lipinski definition) is 3. The van der Waals surface area contributed by atoms with Crippen LogP contribution in [0.1, 0.15) is 21.1 Å². The van der Waals surface area contributed by atoms with Crippen molar-refractivity contribution in [3.8, 4) is 5.75 Å². The molecule has 0 bridgehead atoms. The molecule has 0 spiro atoms. The minimum Gasteiger partial charge on any atom is -0.487 e. The number of ether oxygens (including phenoxy) is 2. The smallest absolute Gasteiger partial charge is 0.168 e. The molecule has 1 aromatic rings. The molecular formula is C12H15F2NO2. The maximum atomic E-state index is 13.8. The van der Waals surface area contributed by atoms with Crippen LogP contribution in [0.4, 0.5) is 8.78 Å². The van der Waals surface area contributed by atoms with E-state index in [1.54, 1.807) is 0 Å². The Morgan fingerprint density at radius 2 is 2.12 bits per heavy atom. The second kappa shape index (κ2) is 5.42. The van der Waals surface area contributed by atoms with Crippen molar-refractivity contribution in [3.63, 3.8) is 0 Å². The third-order valence-electron chi connectivity index (χ3n) is 2.62. The van der Waals surface area contributed by atoms with E-state index in [9.17, 15) is 8.78 Å². The highest BCUT2D eigenvalue weighted by molar-refractivity contribution is 5.35. The van der Waals surface area contributed by atoms with E-state index < -0.39 is 18.1 Å². The molecule has 5 heteroatoms. The quantitative estimate of drug-likeness (QED) is 0.885. The van der Waals surface area contributed by atoms with Crippen molar-refractivity contribution in [1.29, 1.82) is 0 Å². The highest BCUT2D eigenvalue weighted by Crippen LogP contribution is 2.27. The predicted octanol–water partition coefficient (Wildman–Crippen LogP) is 1.98. The van der Waals surface area contributed by atoms with Gasteiger partial charge in [-0.05, 0) is 6.07 Å².